The highest BCUT2D eigenvalue weighted by atomic mass is 16.7. The van der Waals surface area contributed by atoms with Gasteiger partial charge < -0.3 is 50.5 Å². The summed E-state index contributed by atoms with van der Waals surface area (Å²) in [6.45, 7) is 3.49. The van der Waals surface area contributed by atoms with Crippen LogP contribution in [0.3, 0.4) is 0 Å². The first-order chi connectivity index (χ1) is 38.7. The average Bonchev–Trinajstić information content (AvgIpc) is 3.46. The van der Waals surface area contributed by atoms with Gasteiger partial charge in [-0.05, 0) is 51.4 Å². The number of aliphatic hydroxyl groups is 7. The van der Waals surface area contributed by atoms with E-state index in [0.717, 1.165) is 38.5 Å². The van der Waals surface area contributed by atoms with Crippen molar-refractivity contribution in [2.75, 3.05) is 13.2 Å². The van der Waals surface area contributed by atoms with Crippen molar-refractivity contribution in [3.8, 4) is 0 Å². The summed E-state index contributed by atoms with van der Waals surface area (Å²) in [5.41, 5.74) is 0. The minimum atomic E-state index is -1.67. The summed E-state index contributed by atoms with van der Waals surface area (Å²) in [7, 11) is 0. The second-order valence-electron chi connectivity index (χ2n) is 24.2. The van der Waals surface area contributed by atoms with Crippen LogP contribution in [-0.4, -0.2) is 110 Å². The quantitative estimate of drug-likeness (QED) is 0.0215. The first-order valence-corrected chi connectivity index (χ1v) is 34.2. The van der Waals surface area contributed by atoms with E-state index in [1.54, 1.807) is 0 Å². The Kier molecular flexibility index (Phi) is 54.6. The summed E-state index contributed by atoms with van der Waals surface area (Å²) in [5, 5.41) is 76.4. The van der Waals surface area contributed by atoms with E-state index in [-0.39, 0.29) is 12.8 Å². The van der Waals surface area contributed by atoms with E-state index in [9.17, 15) is 40.5 Å². The van der Waals surface area contributed by atoms with E-state index in [1.807, 2.05) is 0 Å². The van der Waals surface area contributed by atoms with Gasteiger partial charge in [0.1, 0.15) is 36.6 Å². The zero-order valence-corrected chi connectivity index (χ0v) is 51.6. The summed E-state index contributed by atoms with van der Waals surface area (Å²) >= 11 is 0. The van der Waals surface area contributed by atoms with Gasteiger partial charge in [0.25, 0.3) is 0 Å². The van der Waals surface area contributed by atoms with Gasteiger partial charge in [0.15, 0.2) is 6.29 Å². The number of carbonyl (C=O) groups excluding carboxylic acids is 1. The molecule has 9 unspecified atom stereocenters. The maximum Gasteiger partial charge on any atom is 0.249 e. The molecule has 1 rings (SSSR count). The Hall–Kier alpha value is -1.41. The van der Waals surface area contributed by atoms with E-state index in [0.29, 0.717) is 19.3 Å². The summed E-state index contributed by atoms with van der Waals surface area (Å²) in [5.74, 6) is -0.703. The van der Waals surface area contributed by atoms with Crippen molar-refractivity contribution in [1.29, 1.82) is 0 Å². The van der Waals surface area contributed by atoms with Crippen LogP contribution in [-0.2, 0) is 14.3 Å². The molecule has 9 atom stereocenters. The van der Waals surface area contributed by atoms with Gasteiger partial charge in [-0.15, -0.1) is 0 Å². The molecule has 0 aromatic rings. The van der Waals surface area contributed by atoms with E-state index in [1.165, 1.54) is 250 Å². The third kappa shape index (κ3) is 44.7. The van der Waals surface area contributed by atoms with Gasteiger partial charge in [0, 0.05) is 0 Å². The summed E-state index contributed by atoms with van der Waals surface area (Å²) in [6, 6.07) is -1.19. The van der Waals surface area contributed by atoms with Gasteiger partial charge in [-0.25, -0.2) is 0 Å². The zero-order valence-electron chi connectivity index (χ0n) is 51.6. The molecule has 0 aliphatic carbocycles. The second-order valence-corrected chi connectivity index (χ2v) is 24.2. The minimum absolute atomic E-state index is 0.249. The number of hydrogen-bond donors (Lipinski definition) is 8. The average molecular weight is 1120 g/mol. The number of unbranched alkanes of at least 4 members (excludes halogenated alkanes) is 44. The van der Waals surface area contributed by atoms with Gasteiger partial charge in [-0.1, -0.05) is 308 Å². The van der Waals surface area contributed by atoms with Crippen LogP contribution in [0.1, 0.15) is 335 Å². The summed E-state index contributed by atoms with van der Waals surface area (Å²) in [6.07, 6.45) is 59.7. The fourth-order valence-electron chi connectivity index (χ4n) is 11.2. The van der Waals surface area contributed by atoms with Crippen LogP contribution >= 0.6 is 0 Å². The molecule has 468 valence electrons. The number of rotatable bonds is 60. The third-order valence-corrected chi connectivity index (χ3v) is 16.7. The molecule has 0 spiro atoms. The van der Waals surface area contributed by atoms with Crippen molar-refractivity contribution < 1.29 is 50.0 Å². The lowest BCUT2D eigenvalue weighted by molar-refractivity contribution is -0.303. The van der Waals surface area contributed by atoms with Gasteiger partial charge in [-0.3, -0.25) is 4.79 Å². The van der Waals surface area contributed by atoms with Gasteiger partial charge >= 0.3 is 0 Å². The first-order valence-electron chi connectivity index (χ1n) is 34.2. The fourth-order valence-corrected chi connectivity index (χ4v) is 11.2. The topological polar surface area (TPSA) is 189 Å². The molecular formula is C68H131NO10. The number of nitrogens with one attached hydrogen (secondary N) is 1. The van der Waals surface area contributed by atoms with Crippen LogP contribution in [0.2, 0.25) is 0 Å². The molecule has 0 radical (unpaired) electrons. The van der Waals surface area contributed by atoms with Crippen molar-refractivity contribution in [3.05, 3.63) is 24.3 Å². The molecule has 11 nitrogen and oxygen atoms in total. The molecule has 0 saturated carbocycles. The Labute approximate surface area is 486 Å². The van der Waals surface area contributed by atoms with Crippen LogP contribution in [0, 0.1) is 0 Å². The molecule has 1 fully saturated rings. The Morgan fingerprint density at radius 2 is 0.759 bits per heavy atom. The van der Waals surface area contributed by atoms with Gasteiger partial charge in [-0.2, -0.15) is 0 Å². The van der Waals surface area contributed by atoms with Gasteiger partial charge in [0.2, 0.25) is 5.91 Å². The molecule has 79 heavy (non-hydrogen) atoms. The van der Waals surface area contributed by atoms with Crippen LogP contribution < -0.4 is 5.32 Å². The molecule has 11 heteroatoms. The van der Waals surface area contributed by atoms with Crippen LogP contribution in [0.15, 0.2) is 24.3 Å². The fraction of sp³-hybridized carbons (Fsp3) is 0.926. The smallest absolute Gasteiger partial charge is 0.249 e. The molecule has 1 aliphatic rings. The lowest BCUT2D eigenvalue weighted by Gasteiger charge is -2.40. The highest BCUT2D eigenvalue weighted by Crippen LogP contribution is 2.24. The maximum absolute atomic E-state index is 13.2. The standard InChI is InChI=1S/C68H131NO10/c1-3-5-7-9-11-13-15-17-19-21-23-25-27-29-30-32-34-36-38-40-42-44-46-48-50-52-54-56-61(72)67(77)69-59(58-78-68-66(76)65(75)64(74)62(57-70)79-68)63(73)60(71)55-53-51-49-47-45-43-41-39-37-35-33-31-28-26-24-22-20-18-16-14-12-10-8-6-4-2/h39,41,47,49,59-66,68,70-76H,3-38,40,42-46,48,50-58H2,1-2H3,(H,69,77)/b41-39+,49-47+. The van der Waals surface area contributed by atoms with Crippen molar-refractivity contribution in [2.45, 2.75) is 390 Å². The van der Waals surface area contributed by atoms with Crippen LogP contribution in [0.25, 0.3) is 0 Å². The van der Waals surface area contributed by atoms with Gasteiger partial charge in [0.05, 0.1) is 25.4 Å². The molecule has 0 bridgehead atoms. The molecule has 0 aromatic heterocycles. The normalized spacial score (nSPS) is 19.4. The highest BCUT2D eigenvalue weighted by molar-refractivity contribution is 5.80. The van der Waals surface area contributed by atoms with E-state index in [4.69, 9.17) is 9.47 Å². The van der Waals surface area contributed by atoms with Crippen molar-refractivity contribution >= 4 is 5.91 Å². The van der Waals surface area contributed by atoms with Crippen molar-refractivity contribution in [1.82, 2.24) is 5.32 Å². The van der Waals surface area contributed by atoms with Crippen LogP contribution in [0.4, 0.5) is 0 Å². The van der Waals surface area contributed by atoms with E-state index in [2.05, 4.69) is 43.5 Å². The van der Waals surface area contributed by atoms with E-state index < -0.39 is 74.2 Å². The maximum atomic E-state index is 13.2. The predicted molar refractivity (Wildman–Crippen MR) is 330 cm³/mol. The monoisotopic (exact) mass is 1120 g/mol. The number of ether oxygens (including phenoxy) is 2. The second kappa shape index (κ2) is 57.0. The largest absolute Gasteiger partial charge is 0.394 e. The summed E-state index contributed by atoms with van der Waals surface area (Å²) < 4.78 is 11.2. The van der Waals surface area contributed by atoms with Crippen LogP contribution in [0.5, 0.6) is 0 Å². The predicted octanol–water partition coefficient (Wildman–Crippen LogP) is 16.0. The van der Waals surface area contributed by atoms with Crippen molar-refractivity contribution in [2.24, 2.45) is 0 Å². The third-order valence-electron chi connectivity index (χ3n) is 16.7. The molecule has 0 aromatic carbocycles. The molecule has 1 amide bonds. The number of hydrogen-bond acceptors (Lipinski definition) is 10. The Morgan fingerprint density at radius 1 is 0.430 bits per heavy atom. The lowest BCUT2D eigenvalue weighted by atomic mass is 9.98. The SMILES string of the molecule is CCCCCCCCCCCCCCCCCC/C=C/CC/C=C/CCCC(O)C(O)C(COC1OC(CO)C(O)C(O)C1O)NC(=O)C(O)CCCCCCCCCCCCCCCCCCCCCCCCCCCCC. The molecule has 1 aliphatic heterocycles. The Bertz CT molecular complexity index is 1330. The summed E-state index contributed by atoms with van der Waals surface area (Å²) in [4.78, 5) is 13.2. The Balaban J connectivity index is 2.24. The molecule has 8 N–H and O–H groups in total. The lowest BCUT2D eigenvalue weighted by Crippen LogP contribution is -2.60. The number of amides is 1. The number of carbonyl (C=O) groups is 1. The molecule has 1 saturated heterocycles. The minimum Gasteiger partial charge on any atom is -0.394 e. The molecule has 1 heterocycles. The zero-order chi connectivity index (χ0) is 57.5. The highest BCUT2D eigenvalue weighted by Gasteiger charge is 2.44. The van der Waals surface area contributed by atoms with Crippen molar-refractivity contribution in [3.63, 3.8) is 0 Å². The number of allylic oxidation sites excluding steroid dienone is 4. The number of aliphatic hydroxyl groups excluding tert-OH is 7. The Morgan fingerprint density at radius 3 is 1.13 bits per heavy atom. The molecular weight excluding hydrogens is 991 g/mol. The first kappa shape index (κ1) is 75.6. The van der Waals surface area contributed by atoms with E-state index >= 15 is 0 Å².